The maximum Gasteiger partial charge on any atom is 0.278 e. The second kappa shape index (κ2) is 8.54. The van der Waals surface area contributed by atoms with Gasteiger partial charge in [0.1, 0.15) is 11.5 Å². The smallest absolute Gasteiger partial charge is 0.278 e. The molecule has 0 spiro atoms. The van der Waals surface area contributed by atoms with Crippen LogP contribution in [-0.4, -0.2) is 37.0 Å². The van der Waals surface area contributed by atoms with Crippen molar-refractivity contribution in [1.82, 2.24) is 4.90 Å². The van der Waals surface area contributed by atoms with Gasteiger partial charge in [0.15, 0.2) is 0 Å². The maximum absolute atomic E-state index is 13.3. The largest absolute Gasteiger partial charge is 0.385 e. The van der Waals surface area contributed by atoms with E-state index in [1.807, 2.05) is 6.92 Å². The van der Waals surface area contributed by atoms with E-state index >= 15 is 0 Å². The highest BCUT2D eigenvalue weighted by atomic mass is 35.5. The van der Waals surface area contributed by atoms with Gasteiger partial charge in [0, 0.05) is 31.0 Å². The number of amides is 2. The molecule has 0 bridgehead atoms. The summed E-state index contributed by atoms with van der Waals surface area (Å²) in [7, 11) is 1.56. The minimum atomic E-state index is -0.422. The first-order valence-corrected chi connectivity index (χ1v) is 9.18. The van der Waals surface area contributed by atoms with Crippen LogP contribution in [0.15, 0.2) is 48.2 Å². The third kappa shape index (κ3) is 4.08. The fourth-order valence-corrected chi connectivity index (χ4v) is 3.28. The van der Waals surface area contributed by atoms with Crippen molar-refractivity contribution in [2.45, 2.75) is 13.3 Å². The molecule has 146 valence electrons. The Balaban J connectivity index is 2.01. The predicted octanol–water partition coefficient (Wildman–Crippen LogP) is 4.02. The molecule has 0 saturated heterocycles. The molecule has 0 radical (unpaired) electrons. The number of benzene rings is 2. The lowest BCUT2D eigenvalue weighted by Crippen LogP contribution is -2.34. The molecular weight excluding hydrogens is 383 g/mol. The standard InChI is InChI=1S/C21H20ClFN2O3/c1-13-12-15(22)6-9-17(13)24-19-18(14-4-7-16(23)8-5-14)20(26)25(21(19)27)10-3-11-28-2/h4-9,12,24H,3,10-11H2,1-2H3. The summed E-state index contributed by atoms with van der Waals surface area (Å²) in [4.78, 5) is 27.2. The number of carbonyl (C=O) groups excluding carboxylic acids is 2. The van der Waals surface area contributed by atoms with Crippen molar-refractivity contribution in [2.75, 3.05) is 25.6 Å². The molecule has 7 heteroatoms. The Morgan fingerprint density at radius 1 is 1.11 bits per heavy atom. The minimum absolute atomic E-state index is 0.166. The molecule has 3 rings (SSSR count). The molecule has 1 heterocycles. The van der Waals surface area contributed by atoms with Crippen LogP contribution in [0.4, 0.5) is 10.1 Å². The number of ether oxygens (including phenoxy) is 1. The number of imide groups is 1. The summed E-state index contributed by atoms with van der Waals surface area (Å²) in [5.41, 5.74) is 2.36. The number of nitrogens with one attached hydrogen (secondary N) is 1. The van der Waals surface area contributed by atoms with Crippen LogP contribution >= 0.6 is 11.6 Å². The van der Waals surface area contributed by atoms with E-state index in [-0.39, 0.29) is 17.8 Å². The highest BCUT2D eigenvalue weighted by Crippen LogP contribution is 2.32. The van der Waals surface area contributed by atoms with Gasteiger partial charge in [-0.25, -0.2) is 4.39 Å². The van der Waals surface area contributed by atoms with Crippen molar-refractivity contribution in [3.8, 4) is 0 Å². The molecule has 0 atom stereocenters. The number of carbonyl (C=O) groups is 2. The lowest BCUT2D eigenvalue weighted by atomic mass is 10.0. The van der Waals surface area contributed by atoms with Gasteiger partial charge in [0.05, 0.1) is 5.57 Å². The van der Waals surface area contributed by atoms with Gasteiger partial charge >= 0.3 is 0 Å². The molecule has 0 saturated carbocycles. The zero-order valence-electron chi connectivity index (χ0n) is 15.6. The number of hydrogen-bond acceptors (Lipinski definition) is 4. The van der Waals surface area contributed by atoms with Crippen LogP contribution < -0.4 is 5.32 Å². The summed E-state index contributed by atoms with van der Waals surface area (Å²) < 4.78 is 18.4. The van der Waals surface area contributed by atoms with Gasteiger partial charge in [-0.1, -0.05) is 23.7 Å². The molecule has 2 aromatic carbocycles. The van der Waals surface area contributed by atoms with Crippen LogP contribution in [0.5, 0.6) is 0 Å². The summed E-state index contributed by atoms with van der Waals surface area (Å²) in [6.45, 7) is 2.52. The van der Waals surface area contributed by atoms with Gasteiger partial charge in [-0.3, -0.25) is 14.5 Å². The van der Waals surface area contributed by atoms with Gasteiger partial charge in [-0.05, 0) is 54.8 Å². The molecule has 2 amide bonds. The number of halogens is 2. The molecule has 0 aromatic heterocycles. The summed E-state index contributed by atoms with van der Waals surface area (Å²) in [5, 5.41) is 3.66. The monoisotopic (exact) mass is 402 g/mol. The lowest BCUT2D eigenvalue weighted by Gasteiger charge is -2.15. The van der Waals surface area contributed by atoms with E-state index < -0.39 is 17.6 Å². The van der Waals surface area contributed by atoms with Gasteiger partial charge in [-0.2, -0.15) is 0 Å². The summed E-state index contributed by atoms with van der Waals surface area (Å²) in [5.74, 6) is -1.25. The molecule has 5 nitrogen and oxygen atoms in total. The van der Waals surface area contributed by atoms with Crippen molar-refractivity contribution in [2.24, 2.45) is 0 Å². The zero-order chi connectivity index (χ0) is 20.3. The van der Waals surface area contributed by atoms with E-state index in [1.54, 1.807) is 25.3 Å². The van der Waals surface area contributed by atoms with E-state index in [0.717, 1.165) is 5.56 Å². The quantitative estimate of drug-likeness (QED) is 0.561. The van der Waals surface area contributed by atoms with E-state index in [2.05, 4.69) is 5.32 Å². The minimum Gasteiger partial charge on any atom is -0.385 e. The highest BCUT2D eigenvalue weighted by molar-refractivity contribution is 6.36. The van der Waals surface area contributed by atoms with Crippen molar-refractivity contribution in [3.05, 3.63) is 70.1 Å². The summed E-state index contributed by atoms with van der Waals surface area (Å²) in [6, 6.07) is 10.7. The summed E-state index contributed by atoms with van der Waals surface area (Å²) >= 11 is 6.00. The van der Waals surface area contributed by atoms with Crippen molar-refractivity contribution in [3.63, 3.8) is 0 Å². The van der Waals surface area contributed by atoms with Crippen LogP contribution in [0.3, 0.4) is 0 Å². The number of methoxy groups -OCH3 is 1. The van der Waals surface area contributed by atoms with Crippen molar-refractivity contribution in [1.29, 1.82) is 0 Å². The average molecular weight is 403 g/mol. The van der Waals surface area contributed by atoms with Crippen LogP contribution in [-0.2, 0) is 14.3 Å². The first kappa shape index (κ1) is 20.0. The van der Waals surface area contributed by atoms with Gasteiger partial charge in [0.25, 0.3) is 11.8 Å². The third-order valence-electron chi connectivity index (χ3n) is 4.48. The Morgan fingerprint density at radius 2 is 1.82 bits per heavy atom. The van der Waals surface area contributed by atoms with Crippen LogP contribution in [0.25, 0.3) is 5.57 Å². The highest BCUT2D eigenvalue weighted by Gasteiger charge is 2.39. The van der Waals surface area contributed by atoms with E-state index in [4.69, 9.17) is 16.3 Å². The SMILES string of the molecule is COCCCN1C(=O)C(Nc2ccc(Cl)cc2C)=C(c2ccc(F)cc2)C1=O. The topological polar surface area (TPSA) is 58.6 Å². The predicted molar refractivity (Wildman–Crippen MR) is 106 cm³/mol. The molecule has 28 heavy (non-hydrogen) atoms. The zero-order valence-corrected chi connectivity index (χ0v) is 16.3. The van der Waals surface area contributed by atoms with E-state index in [9.17, 15) is 14.0 Å². The second-order valence-corrected chi connectivity index (χ2v) is 6.89. The molecule has 2 aromatic rings. The van der Waals surface area contributed by atoms with Crippen molar-refractivity contribution < 1.29 is 18.7 Å². The average Bonchev–Trinajstić information content (AvgIpc) is 2.89. The second-order valence-electron chi connectivity index (χ2n) is 6.45. The summed E-state index contributed by atoms with van der Waals surface area (Å²) in [6.07, 6.45) is 0.526. The van der Waals surface area contributed by atoms with Crippen LogP contribution in [0, 0.1) is 12.7 Å². The number of aryl methyl sites for hydroxylation is 1. The number of nitrogens with zero attached hydrogens (tertiary/aromatic N) is 1. The Hall–Kier alpha value is -2.70. The molecule has 0 fully saturated rings. The molecular formula is C21H20ClFN2O3. The Morgan fingerprint density at radius 3 is 2.46 bits per heavy atom. The first-order valence-electron chi connectivity index (χ1n) is 8.81. The van der Waals surface area contributed by atoms with Crippen LogP contribution in [0.2, 0.25) is 5.02 Å². The van der Waals surface area contributed by atoms with Crippen LogP contribution in [0.1, 0.15) is 17.5 Å². The maximum atomic E-state index is 13.3. The number of anilines is 1. The Labute approximate surface area is 167 Å². The van der Waals surface area contributed by atoms with E-state index in [1.165, 1.54) is 29.2 Å². The normalized spacial score (nSPS) is 14.2. The third-order valence-corrected chi connectivity index (χ3v) is 4.71. The first-order chi connectivity index (χ1) is 13.4. The number of hydrogen-bond donors (Lipinski definition) is 1. The fourth-order valence-electron chi connectivity index (χ4n) is 3.05. The molecule has 1 aliphatic rings. The Kier molecular flexibility index (Phi) is 6.11. The molecule has 0 aliphatic carbocycles. The molecule has 1 aliphatic heterocycles. The molecule has 0 unspecified atom stereocenters. The van der Waals surface area contributed by atoms with Gasteiger partial charge < -0.3 is 10.1 Å². The van der Waals surface area contributed by atoms with Crippen molar-refractivity contribution >= 4 is 34.7 Å². The van der Waals surface area contributed by atoms with Gasteiger partial charge in [0.2, 0.25) is 0 Å². The van der Waals surface area contributed by atoms with E-state index in [0.29, 0.717) is 29.3 Å². The molecule has 1 N–H and O–H groups in total. The lowest BCUT2D eigenvalue weighted by molar-refractivity contribution is -0.136. The Bertz CT molecular complexity index is 941. The number of rotatable bonds is 7. The van der Waals surface area contributed by atoms with Gasteiger partial charge in [-0.15, -0.1) is 0 Å². The fraction of sp³-hybridized carbons (Fsp3) is 0.238.